The highest BCUT2D eigenvalue weighted by Crippen LogP contribution is 2.40. The largest absolute Gasteiger partial charge is 0.251 e. The maximum absolute atomic E-state index is 13.8. The fourth-order valence-electron chi connectivity index (χ4n) is 3.98. The summed E-state index contributed by atoms with van der Waals surface area (Å²) in [5.41, 5.74) is 3.79. The van der Waals surface area contributed by atoms with Crippen LogP contribution in [0.4, 0.5) is 8.78 Å². The molecule has 1 heterocycles. The number of hydrogen-bond donors (Lipinski definition) is 1. The predicted molar refractivity (Wildman–Crippen MR) is 120 cm³/mol. The second-order valence-electron chi connectivity index (χ2n) is 8.21. The van der Waals surface area contributed by atoms with Crippen LogP contribution in [-0.2, 0) is 30.2 Å². The highest BCUT2D eigenvalue weighted by Gasteiger charge is 2.32. The first-order chi connectivity index (χ1) is 13.6. The number of fused-ring (bicyclic) bond motifs is 1. The summed E-state index contributed by atoms with van der Waals surface area (Å²) in [7, 11) is -1.55. The van der Waals surface area contributed by atoms with Gasteiger partial charge in [0.2, 0.25) is 0 Å². The number of nitrogens with two attached hydrogens (primary N) is 1. The van der Waals surface area contributed by atoms with Crippen molar-refractivity contribution >= 4 is 42.8 Å². The Morgan fingerprint density at radius 3 is 2.31 bits per heavy atom. The van der Waals surface area contributed by atoms with Crippen LogP contribution in [0.25, 0.3) is 0 Å². The van der Waals surface area contributed by atoms with E-state index >= 15 is 0 Å². The van der Waals surface area contributed by atoms with E-state index in [4.69, 9.17) is 10.1 Å². The van der Waals surface area contributed by atoms with Crippen LogP contribution in [0.15, 0.2) is 27.3 Å². The Hall–Kier alpha value is -0.700. The van der Waals surface area contributed by atoms with Crippen LogP contribution in [0.1, 0.15) is 61.4 Å². The van der Waals surface area contributed by atoms with Crippen molar-refractivity contribution in [1.82, 2.24) is 4.98 Å². The molecule has 2 N–H and O–H groups in total. The molecule has 2 atom stereocenters. The molecule has 0 saturated heterocycles. The smallest absolute Gasteiger partial charge is 0.126 e. The number of halogens is 4. The fraction of sp³-hybridized carbons (Fsp3) is 0.476. The highest BCUT2D eigenvalue weighted by atomic mass is 79.9. The maximum Gasteiger partial charge on any atom is 0.126 e. The molecule has 2 aromatic rings. The minimum atomic E-state index is -1.55. The van der Waals surface area contributed by atoms with Crippen molar-refractivity contribution in [3.05, 3.63) is 61.3 Å². The Kier molecular flexibility index (Phi) is 7.29. The van der Waals surface area contributed by atoms with Crippen LogP contribution in [0.5, 0.6) is 0 Å². The minimum Gasteiger partial charge on any atom is -0.251 e. The molecule has 8 heteroatoms. The Balaban J connectivity index is 2.07. The molecule has 1 aliphatic carbocycles. The van der Waals surface area contributed by atoms with Gasteiger partial charge in [-0.1, -0.05) is 0 Å². The zero-order valence-electron chi connectivity index (χ0n) is 16.4. The van der Waals surface area contributed by atoms with Crippen LogP contribution in [0.3, 0.4) is 0 Å². The summed E-state index contributed by atoms with van der Waals surface area (Å²) >= 11 is 7.37. The van der Waals surface area contributed by atoms with E-state index in [0.717, 1.165) is 46.5 Å². The van der Waals surface area contributed by atoms with E-state index in [0.29, 0.717) is 18.4 Å². The van der Waals surface area contributed by atoms with Crippen molar-refractivity contribution in [2.24, 2.45) is 5.14 Å². The van der Waals surface area contributed by atoms with Gasteiger partial charge in [0.25, 0.3) is 0 Å². The quantitative estimate of drug-likeness (QED) is 0.457. The number of aromatic nitrogens is 1. The van der Waals surface area contributed by atoms with Gasteiger partial charge >= 0.3 is 0 Å². The molecule has 1 aromatic carbocycles. The van der Waals surface area contributed by atoms with E-state index < -0.39 is 27.4 Å². The van der Waals surface area contributed by atoms with E-state index in [1.54, 1.807) is 0 Å². The average molecular weight is 550 g/mol. The van der Waals surface area contributed by atoms with Gasteiger partial charge in [-0.05, 0) is 113 Å². The van der Waals surface area contributed by atoms with Crippen LogP contribution in [0.2, 0.25) is 0 Å². The van der Waals surface area contributed by atoms with Gasteiger partial charge in [-0.2, -0.15) is 0 Å². The molecule has 3 nitrogen and oxygen atoms in total. The van der Waals surface area contributed by atoms with Gasteiger partial charge in [0.05, 0.1) is 21.4 Å². The molecule has 1 aliphatic rings. The molecular formula is C21H24Br2F2N2OS. The van der Waals surface area contributed by atoms with Crippen LogP contribution in [-0.4, -0.2) is 13.9 Å². The summed E-state index contributed by atoms with van der Waals surface area (Å²) in [5.74, 6) is -1.44. The van der Waals surface area contributed by atoms with Gasteiger partial charge in [0, 0.05) is 16.5 Å². The molecule has 3 rings (SSSR count). The molecule has 0 spiro atoms. The minimum absolute atomic E-state index is 0.211. The van der Waals surface area contributed by atoms with Crippen molar-refractivity contribution < 1.29 is 13.0 Å². The lowest BCUT2D eigenvalue weighted by molar-refractivity contribution is 0.500. The van der Waals surface area contributed by atoms with Crippen LogP contribution < -0.4 is 5.14 Å². The Bertz CT molecular complexity index is 933. The molecule has 0 bridgehead atoms. The van der Waals surface area contributed by atoms with Crippen molar-refractivity contribution in [2.45, 2.75) is 63.0 Å². The van der Waals surface area contributed by atoms with Crippen LogP contribution in [0, 0.1) is 11.6 Å². The lowest BCUT2D eigenvalue weighted by atomic mass is 9.85. The molecule has 0 amide bonds. The first-order valence-corrected chi connectivity index (χ1v) is 12.4. The molecule has 0 saturated carbocycles. The first-order valence-electron chi connectivity index (χ1n) is 9.56. The van der Waals surface area contributed by atoms with E-state index in [2.05, 4.69) is 31.9 Å². The topological polar surface area (TPSA) is 56.0 Å². The first kappa shape index (κ1) is 23.0. The zero-order valence-corrected chi connectivity index (χ0v) is 20.4. The predicted octanol–water partition coefficient (Wildman–Crippen LogP) is 5.88. The molecule has 29 heavy (non-hydrogen) atoms. The molecule has 0 fully saturated rings. The van der Waals surface area contributed by atoms with Gasteiger partial charge in [-0.15, -0.1) is 0 Å². The maximum atomic E-state index is 13.8. The van der Waals surface area contributed by atoms with Gasteiger partial charge in [0.1, 0.15) is 16.2 Å². The summed E-state index contributed by atoms with van der Waals surface area (Å²) in [6.07, 6.45) is 5.00. The standard InChI is InChI=1S/C21H24Br2F2N2OS/c1-21(2,29(26)28)11-13(7-12-8-14(24)10-15(25)9-12)19-18(22)16-5-3-4-6-17(16)20(23)27-19/h8-10,13H,3-7,11,26H2,1-2H3/t13-,29?/m0/s1. The van der Waals surface area contributed by atoms with Crippen LogP contribution >= 0.6 is 31.9 Å². The van der Waals surface area contributed by atoms with Gasteiger partial charge in [-0.25, -0.2) is 18.0 Å². The van der Waals surface area contributed by atoms with Gasteiger partial charge < -0.3 is 0 Å². The lowest BCUT2D eigenvalue weighted by Crippen LogP contribution is -2.34. The summed E-state index contributed by atoms with van der Waals surface area (Å²) in [6, 6.07) is 3.54. The number of nitrogens with zero attached hydrogens (tertiary/aromatic N) is 1. The lowest BCUT2D eigenvalue weighted by Gasteiger charge is -2.29. The Morgan fingerprint density at radius 2 is 1.72 bits per heavy atom. The zero-order chi connectivity index (χ0) is 21.3. The third-order valence-electron chi connectivity index (χ3n) is 5.50. The second-order valence-corrected chi connectivity index (χ2v) is 11.5. The third kappa shape index (κ3) is 5.32. The van der Waals surface area contributed by atoms with E-state index in [9.17, 15) is 13.0 Å². The molecule has 0 aliphatic heterocycles. The second kappa shape index (κ2) is 9.20. The van der Waals surface area contributed by atoms with Crippen molar-refractivity contribution in [3.8, 4) is 0 Å². The van der Waals surface area contributed by atoms with E-state index in [1.165, 1.54) is 23.3 Å². The summed E-state index contributed by atoms with van der Waals surface area (Å²) in [6.45, 7) is 3.67. The Labute approximate surface area is 189 Å². The van der Waals surface area contributed by atoms with E-state index in [-0.39, 0.29) is 5.92 Å². The van der Waals surface area contributed by atoms with Crippen molar-refractivity contribution in [1.29, 1.82) is 0 Å². The normalized spacial score (nSPS) is 16.4. The number of benzene rings is 1. The summed E-state index contributed by atoms with van der Waals surface area (Å²) in [4.78, 5) is 4.81. The van der Waals surface area contributed by atoms with Crippen molar-refractivity contribution in [2.75, 3.05) is 0 Å². The monoisotopic (exact) mass is 548 g/mol. The van der Waals surface area contributed by atoms with E-state index in [1.807, 2.05) is 13.8 Å². The number of hydrogen-bond acceptors (Lipinski definition) is 2. The molecule has 0 radical (unpaired) electrons. The molecular weight excluding hydrogens is 526 g/mol. The number of pyridine rings is 1. The number of rotatable bonds is 6. The summed E-state index contributed by atoms with van der Waals surface area (Å²) in [5, 5.41) is 5.73. The average Bonchev–Trinajstić information content (AvgIpc) is 2.63. The fourth-order valence-corrected chi connectivity index (χ4v) is 5.82. The highest BCUT2D eigenvalue weighted by molar-refractivity contribution is 9.11. The Morgan fingerprint density at radius 1 is 1.14 bits per heavy atom. The SMILES string of the molecule is CC(C)(C[C@H](Cc1cc(F)cc(F)c1)c1nc(Br)c2c(c1Br)CCCC2)S(N)=O. The summed E-state index contributed by atoms with van der Waals surface area (Å²) < 4.78 is 40.7. The molecule has 1 aromatic heterocycles. The third-order valence-corrected chi connectivity index (χ3v) is 8.30. The van der Waals surface area contributed by atoms with Gasteiger partial charge in [0.15, 0.2) is 0 Å². The molecule has 1 unspecified atom stereocenters. The van der Waals surface area contributed by atoms with Crippen molar-refractivity contribution in [3.63, 3.8) is 0 Å². The molecule has 158 valence electrons. The van der Waals surface area contributed by atoms with Gasteiger partial charge in [-0.3, -0.25) is 5.14 Å².